The lowest BCUT2D eigenvalue weighted by Crippen LogP contribution is -2.32. The van der Waals surface area contributed by atoms with Crippen molar-refractivity contribution in [2.75, 3.05) is 24.6 Å². The molecule has 1 fully saturated rings. The van der Waals surface area contributed by atoms with Crippen LogP contribution in [0.4, 0.5) is 29.1 Å². The fourth-order valence-electron chi connectivity index (χ4n) is 4.11. The molecule has 0 bridgehead atoms. The predicted octanol–water partition coefficient (Wildman–Crippen LogP) is 6.92. The van der Waals surface area contributed by atoms with Gasteiger partial charge in [-0.05, 0) is 93.5 Å². The van der Waals surface area contributed by atoms with Crippen LogP contribution in [0.15, 0.2) is 59.9 Å². The fourth-order valence-corrected chi connectivity index (χ4v) is 4.84. The molecular weight excluding hydrogens is 490 g/mol. The van der Waals surface area contributed by atoms with Crippen molar-refractivity contribution in [3.05, 3.63) is 77.5 Å². The zero-order chi connectivity index (χ0) is 26.3. The van der Waals surface area contributed by atoms with Gasteiger partial charge in [-0.3, -0.25) is 0 Å². The van der Waals surface area contributed by atoms with E-state index in [-0.39, 0.29) is 11.7 Å². The molecule has 1 aliphatic carbocycles. The van der Waals surface area contributed by atoms with Crippen LogP contribution in [-0.2, 0) is 6.18 Å². The zero-order valence-electron chi connectivity index (χ0n) is 20.5. The van der Waals surface area contributed by atoms with Gasteiger partial charge in [-0.2, -0.15) is 13.2 Å². The zero-order valence-corrected chi connectivity index (χ0v) is 21.3. The van der Waals surface area contributed by atoms with Crippen molar-refractivity contribution in [1.82, 2.24) is 14.9 Å². The highest BCUT2D eigenvalue weighted by molar-refractivity contribution is 8.00. The topological polar surface area (TPSA) is 67.1 Å². The van der Waals surface area contributed by atoms with Crippen molar-refractivity contribution < 1.29 is 17.6 Å². The van der Waals surface area contributed by atoms with E-state index in [1.54, 1.807) is 18.3 Å². The molecule has 0 amide bonds. The summed E-state index contributed by atoms with van der Waals surface area (Å²) in [6.45, 7) is 1.84. The number of aromatic nitrogens is 2. The van der Waals surface area contributed by atoms with Gasteiger partial charge in [0.15, 0.2) is 0 Å². The summed E-state index contributed by atoms with van der Waals surface area (Å²) < 4.78 is 54.7. The molecule has 1 aliphatic rings. The number of anilines is 2. The van der Waals surface area contributed by atoms with E-state index in [0.29, 0.717) is 22.4 Å². The second kappa shape index (κ2) is 12.4. The summed E-state index contributed by atoms with van der Waals surface area (Å²) in [4.78, 5) is 10.4. The van der Waals surface area contributed by atoms with Gasteiger partial charge in [0.1, 0.15) is 18.0 Å². The molecule has 0 saturated heterocycles. The highest BCUT2D eigenvalue weighted by Crippen LogP contribution is 2.37. The molecular formula is C26H31F4N5S. The van der Waals surface area contributed by atoms with E-state index >= 15 is 0 Å². The van der Waals surface area contributed by atoms with E-state index in [2.05, 4.69) is 19.6 Å². The first-order chi connectivity index (χ1) is 17.0. The summed E-state index contributed by atoms with van der Waals surface area (Å²) in [5, 5.41) is 0. The maximum absolute atomic E-state index is 13.6. The van der Waals surface area contributed by atoms with Crippen LogP contribution >= 0.6 is 11.9 Å². The van der Waals surface area contributed by atoms with Crippen molar-refractivity contribution in [1.29, 1.82) is 0 Å². The second-order valence-electron chi connectivity index (χ2n) is 9.04. The van der Waals surface area contributed by atoms with E-state index in [9.17, 15) is 17.6 Å². The Balaban J connectivity index is 0.000000202. The SMILES string of the molecule is CN(C)C1CCCC(c2cccc(C(F)(F)F)c2)C1.Cc1cc(SNc2ccncn2)c(F)cc1N. The molecule has 2 unspecified atom stereocenters. The molecule has 3 aromatic rings. The first-order valence-electron chi connectivity index (χ1n) is 11.6. The Bertz CT molecular complexity index is 1130. The summed E-state index contributed by atoms with van der Waals surface area (Å²) >= 11 is 1.15. The van der Waals surface area contributed by atoms with Crippen molar-refractivity contribution in [2.45, 2.75) is 55.6 Å². The van der Waals surface area contributed by atoms with Crippen molar-refractivity contribution in [3.8, 4) is 0 Å². The number of nitrogens with one attached hydrogen (secondary N) is 1. The largest absolute Gasteiger partial charge is 0.416 e. The summed E-state index contributed by atoms with van der Waals surface area (Å²) in [6.07, 6.45) is 2.96. The number of nitrogens with zero attached hydrogens (tertiary/aromatic N) is 3. The highest BCUT2D eigenvalue weighted by Gasteiger charge is 2.32. The molecule has 5 nitrogen and oxygen atoms in total. The molecule has 194 valence electrons. The summed E-state index contributed by atoms with van der Waals surface area (Å²) in [6, 6.07) is 11.0. The van der Waals surface area contributed by atoms with Gasteiger partial charge in [-0.25, -0.2) is 14.4 Å². The van der Waals surface area contributed by atoms with Crippen LogP contribution in [0.5, 0.6) is 0 Å². The second-order valence-corrected chi connectivity index (χ2v) is 9.89. The molecule has 2 atom stereocenters. The molecule has 4 rings (SSSR count). The molecule has 0 radical (unpaired) electrons. The van der Waals surface area contributed by atoms with Crippen LogP contribution in [0, 0.1) is 12.7 Å². The molecule has 0 aliphatic heterocycles. The minimum Gasteiger partial charge on any atom is -0.398 e. The summed E-state index contributed by atoms with van der Waals surface area (Å²) in [5.41, 5.74) is 7.21. The minimum absolute atomic E-state index is 0.253. The standard InChI is InChI=1S/C15H20F3N.C11H11FN4S/c1-19(2)14-8-4-6-12(10-14)11-5-3-7-13(9-11)15(16,17)18;1-7-4-10(8(12)5-9(7)13)17-16-11-2-3-14-6-15-11/h3,5,7,9,12,14H,4,6,8,10H2,1-2H3;2-6H,13H2,1H3,(H,14,15,16). The first kappa shape index (κ1) is 27.7. The van der Waals surface area contributed by atoms with Crippen molar-refractivity contribution in [2.24, 2.45) is 0 Å². The molecule has 1 saturated carbocycles. The number of rotatable bonds is 5. The van der Waals surface area contributed by atoms with Gasteiger partial charge < -0.3 is 15.4 Å². The number of nitrogen functional groups attached to an aromatic ring is 1. The third-order valence-corrected chi connectivity index (χ3v) is 7.07. The van der Waals surface area contributed by atoms with Crippen LogP contribution in [0.3, 0.4) is 0 Å². The van der Waals surface area contributed by atoms with Crippen molar-refractivity contribution >= 4 is 23.5 Å². The molecule has 36 heavy (non-hydrogen) atoms. The normalized spacial score (nSPS) is 17.9. The van der Waals surface area contributed by atoms with Crippen molar-refractivity contribution in [3.63, 3.8) is 0 Å². The van der Waals surface area contributed by atoms with Gasteiger partial charge >= 0.3 is 6.18 Å². The minimum atomic E-state index is -4.24. The van der Waals surface area contributed by atoms with Gasteiger partial charge in [0, 0.05) is 17.9 Å². The van der Waals surface area contributed by atoms with Crippen LogP contribution in [0.1, 0.15) is 48.3 Å². The van der Waals surface area contributed by atoms with Gasteiger partial charge in [0.05, 0.1) is 10.5 Å². The van der Waals surface area contributed by atoms with E-state index in [4.69, 9.17) is 5.73 Å². The number of aryl methyl sites for hydroxylation is 1. The molecule has 1 aromatic heterocycles. The Labute approximate surface area is 213 Å². The van der Waals surface area contributed by atoms with Crippen LogP contribution in [-0.4, -0.2) is 35.0 Å². The fraction of sp³-hybridized carbons (Fsp3) is 0.385. The quantitative estimate of drug-likeness (QED) is 0.216. The smallest absolute Gasteiger partial charge is 0.398 e. The number of nitrogens with two attached hydrogens (primary N) is 1. The number of alkyl halides is 3. The average molecular weight is 522 g/mol. The maximum atomic E-state index is 13.6. The Morgan fingerprint density at radius 2 is 1.89 bits per heavy atom. The monoisotopic (exact) mass is 521 g/mol. The number of benzene rings is 2. The lowest BCUT2D eigenvalue weighted by atomic mass is 9.80. The Morgan fingerprint density at radius 1 is 1.11 bits per heavy atom. The van der Waals surface area contributed by atoms with Crippen LogP contribution in [0.25, 0.3) is 0 Å². The van der Waals surface area contributed by atoms with Crippen LogP contribution in [0.2, 0.25) is 0 Å². The Morgan fingerprint density at radius 3 is 2.56 bits per heavy atom. The lowest BCUT2D eigenvalue weighted by molar-refractivity contribution is -0.137. The molecule has 10 heteroatoms. The molecule has 1 heterocycles. The van der Waals surface area contributed by atoms with E-state index in [0.717, 1.165) is 54.8 Å². The Hall–Kier alpha value is -2.85. The van der Waals surface area contributed by atoms with Gasteiger partial charge in [0.25, 0.3) is 0 Å². The third kappa shape index (κ3) is 7.83. The number of hydrogen-bond donors (Lipinski definition) is 2. The lowest BCUT2D eigenvalue weighted by Gasteiger charge is -2.33. The van der Waals surface area contributed by atoms with Crippen LogP contribution < -0.4 is 10.5 Å². The first-order valence-corrected chi connectivity index (χ1v) is 12.4. The summed E-state index contributed by atoms with van der Waals surface area (Å²) in [7, 11) is 4.08. The van der Waals surface area contributed by atoms with Gasteiger partial charge in [0.2, 0.25) is 0 Å². The van der Waals surface area contributed by atoms with E-state index < -0.39 is 11.7 Å². The Kier molecular flexibility index (Phi) is 9.56. The summed E-state index contributed by atoms with van der Waals surface area (Å²) in [5.74, 6) is 0.530. The molecule has 0 spiro atoms. The highest BCUT2D eigenvalue weighted by atomic mass is 32.2. The molecule has 2 aromatic carbocycles. The molecule has 3 N–H and O–H groups in total. The third-order valence-electron chi connectivity index (χ3n) is 6.23. The number of halogens is 4. The van der Waals surface area contributed by atoms with Gasteiger partial charge in [-0.1, -0.05) is 24.6 Å². The maximum Gasteiger partial charge on any atom is 0.416 e. The van der Waals surface area contributed by atoms with E-state index in [1.165, 1.54) is 24.5 Å². The van der Waals surface area contributed by atoms with Gasteiger partial charge in [-0.15, -0.1) is 0 Å². The predicted molar refractivity (Wildman–Crippen MR) is 137 cm³/mol. The average Bonchev–Trinajstić information content (AvgIpc) is 2.86. The number of hydrogen-bond acceptors (Lipinski definition) is 6. The van der Waals surface area contributed by atoms with E-state index in [1.807, 2.05) is 27.1 Å².